The summed E-state index contributed by atoms with van der Waals surface area (Å²) in [5.41, 5.74) is 21.5. The van der Waals surface area contributed by atoms with Crippen LogP contribution in [0.4, 0.5) is 34.1 Å². The lowest BCUT2D eigenvalue weighted by Crippen LogP contribution is -2.61. The number of anilines is 6. The lowest BCUT2D eigenvalue weighted by Gasteiger charge is -2.46. The van der Waals surface area contributed by atoms with Gasteiger partial charge in [-0.25, -0.2) is 0 Å². The van der Waals surface area contributed by atoms with E-state index in [2.05, 4.69) is 289 Å². The fourth-order valence-corrected chi connectivity index (χ4v) is 16.6. The van der Waals surface area contributed by atoms with Crippen LogP contribution in [0.3, 0.4) is 0 Å². The average molecular weight is 1390 g/mol. The molecule has 19 rings (SSSR count). The number of rotatable bonds is 10. The highest BCUT2D eigenvalue weighted by Crippen LogP contribution is 2.56. The van der Waals surface area contributed by atoms with Crippen LogP contribution in [0.5, 0.6) is 0 Å². The molecule has 5 heteroatoms. The number of hydrogen-bond donors (Lipinski definition) is 0. The van der Waals surface area contributed by atoms with Crippen LogP contribution in [0, 0.1) is 0 Å². The second kappa shape index (κ2) is 25.1. The highest BCUT2D eigenvalue weighted by Gasteiger charge is 2.46. The number of nitrogens with zero attached hydrogens (tertiary/aromatic N) is 4. The highest BCUT2D eigenvalue weighted by molar-refractivity contribution is 7.00. The Balaban J connectivity index is 1.07. The van der Waals surface area contributed by atoms with Crippen LogP contribution < -0.4 is 26.2 Å². The lowest BCUT2D eigenvalue weighted by atomic mass is 9.33. The van der Waals surface area contributed by atoms with E-state index in [0.717, 1.165) is 139 Å². The number of hydrogen-bond acceptors (Lipinski definition) is 2. The Morgan fingerprint density at radius 2 is 0.710 bits per heavy atom. The van der Waals surface area contributed by atoms with Gasteiger partial charge in [-0.05, 0) is 185 Å². The Bertz CT molecular complexity index is 7040. The summed E-state index contributed by atoms with van der Waals surface area (Å²) >= 11 is 0. The number of fused-ring (bicyclic) bond motifs is 10. The summed E-state index contributed by atoms with van der Waals surface area (Å²) in [6.45, 7) is 19.3. The Labute approximate surface area is 647 Å². The molecule has 0 radical (unpaired) electrons. The molecule has 0 saturated heterocycles. The number of para-hydroxylation sites is 4. The van der Waals surface area contributed by atoms with Crippen LogP contribution in [0.2, 0.25) is 0 Å². The molecule has 0 aliphatic carbocycles. The second-order valence-corrected chi connectivity index (χ2v) is 31.5. The van der Waals surface area contributed by atoms with Gasteiger partial charge in [-0.3, -0.25) is 0 Å². The molecule has 4 heterocycles. The Morgan fingerprint density at radius 1 is 0.271 bits per heavy atom. The minimum atomic E-state index is -0.746. The fourth-order valence-electron chi connectivity index (χ4n) is 16.6. The van der Waals surface area contributed by atoms with E-state index in [-0.39, 0.29) is 44.9 Å². The van der Waals surface area contributed by atoms with Gasteiger partial charge < -0.3 is 18.9 Å². The summed E-state index contributed by atoms with van der Waals surface area (Å²) in [5, 5.41) is 1.89. The van der Waals surface area contributed by atoms with Crippen molar-refractivity contribution in [3.63, 3.8) is 0 Å². The van der Waals surface area contributed by atoms with Crippen molar-refractivity contribution in [1.82, 2.24) is 9.13 Å². The summed E-state index contributed by atoms with van der Waals surface area (Å²) in [7, 11) is 0. The molecule has 2 aromatic heterocycles. The monoisotopic (exact) mass is 1390 g/mol. The van der Waals surface area contributed by atoms with E-state index < -0.39 is 84.0 Å². The Kier molecular flexibility index (Phi) is 12.3. The van der Waals surface area contributed by atoms with E-state index in [9.17, 15) is 16.4 Å². The third-order valence-corrected chi connectivity index (χ3v) is 21.9. The van der Waals surface area contributed by atoms with Crippen LogP contribution in [0.25, 0.3) is 122 Å². The standard InChI is InChI=1S/C102H83BN4/c1-100(2,3)73-42-31-41-71(57-73)85-64-75(102(7,8)9)63-84(69-39-21-13-22-40-69)99(85)107-93-65-77(105-88-49-28-25-45-79(88)80-46-26-29-50-89(80)105)54-56-87(93)103-86-55-53-70(66-33-15-10-16-34-66)58-92(86)106(98-82(67-35-17-11-18-36-67)61-74(101(4,5)6)62-83(98)68-37-19-12-20-38-68)94-59-72(60-95(107)97(94)103)78-48-32-52-91-96(78)81-47-27-30-51-90(81)104(91)76-43-23-14-24-44-76/h10-65H,1-9H3/i10D,15D,16D,25D,26D,28D,29D,33D,34D,45D,46D,49D,50D. The minimum Gasteiger partial charge on any atom is -0.310 e. The van der Waals surface area contributed by atoms with Crippen LogP contribution in [0.15, 0.2) is 339 Å². The number of aromatic nitrogens is 2. The van der Waals surface area contributed by atoms with Crippen LogP contribution >= 0.6 is 0 Å². The summed E-state index contributed by atoms with van der Waals surface area (Å²) in [6, 6.07) is 85.4. The summed E-state index contributed by atoms with van der Waals surface area (Å²) in [4.78, 5) is 4.79. The molecule has 17 aromatic rings. The van der Waals surface area contributed by atoms with E-state index >= 15 is 0 Å². The van der Waals surface area contributed by atoms with Gasteiger partial charge in [0.05, 0.1) is 51.3 Å². The molecule has 0 N–H and O–H groups in total. The quantitative estimate of drug-likeness (QED) is 0.127. The zero-order valence-electron chi connectivity index (χ0n) is 74.2. The molecule has 2 aliphatic rings. The first-order valence-electron chi connectivity index (χ1n) is 43.3. The fraction of sp³-hybridized carbons (Fsp3) is 0.118. The SMILES string of the molecule is [2H]c1c([2H])c([2H])c(-c2ccc3c(c2)N(c2c(-c4ccccc4)cc(C(C)(C)C)cc2-c2ccccc2)c2cc(-c4cccc5c4c4ccccc4n5-c4ccccc4)cc4c2B3c2ccc(-n3c5c([2H])c([2H])c([2H])c([2H])c5c5c([2H])c([2H])c([2H])c([2H])c53)cc2N4c2c(-c3ccccc3)cc(C(C)(C)C)cc2-c2cccc(C(C)(C)C)c2)c([2H])c1[2H]. The smallest absolute Gasteiger partial charge is 0.252 e. The van der Waals surface area contributed by atoms with E-state index in [1.54, 1.807) is 4.57 Å². The first-order chi connectivity index (χ1) is 57.4. The van der Waals surface area contributed by atoms with Crippen molar-refractivity contribution >= 4 is 101 Å². The zero-order valence-corrected chi connectivity index (χ0v) is 61.2. The van der Waals surface area contributed by atoms with Crippen molar-refractivity contribution in [3.05, 3.63) is 356 Å². The van der Waals surface area contributed by atoms with Crippen molar-refractivity contribution in [2.24, 2.45) is 0 Å². The molecule has 0 fully saturated rings. The molecule has 107 heavy (non-hydrogen) atoms. The molecule has 0 amide bonds. The summed E-state index contributed by atoms with van der Waals surface area (Å²) < 4.78 is 127. The van der Waals surface area contributed by atoms with Gasteiger partial charge in [-0.2, -0.15) is 0 Å². The van der Waals surface area contributed by atoms with Crippen molar-refractivity contribution in [2.45, 2.75) is 78.6 Å². The first-order valence-corrected chi connectivity index (χ1v) is 36.8. The molecule has 2 aliphatic heterocycles. The zero-order chi connectivity index (χ0) is 83.9. The van der Waals surface area contributed by atoms with Gasteiger partial charge in [0, 0.05) is 77.9 Å². The third-order valence-electron chi connectivity index (χ3n) is 21.9. The predicted octanol–water partition coefficient (Wildman–Crippen LogP) is 25.9. The molecular formula is C102H83BN4. The lowest BCUT2D eigenvalue weighted by molar-refractivity contribution is 0.589. The molecule has 0 spiro atoms. The van der Waals surface area contributed by atoms with Gasteiger partial charge in [0.15, 0.2) is 0 Å². The van der Waals surface area contributed by atoms with Gasteiger partial charge in [-0.15, -0.1) is 0 Å². The molecular weight excluding hydrogens is 1290 g/mol. The Morgan fingerprint density at radius 3 is 1.26 bits per heavy atom. The third kappa shape index (κ3) is 10.9. The van der Waals surface area contributed by atoms with Crippen LogP contribution in [-0.2, 0) is 16.2 Å². The summed E-state index contributed by atoms with van der Waals surface area (Å²) in [6.07, 6.45) is 0. The average Bonchev–Trinajstić information content (AvgIpc) is 0.843. The molecule has 4 nitrogen and oxygen atoms in total. The van der Waals surface area contributed by atoms with E-state index in [1.165, 1.54) is 0 Å². The van der Waals surface area contributed by atoms with Crippen molar-refractivity contribution in [2.75, 3.05) is 9.80 Å². The molecule has 0 unspecified atom stereocenters. The van der Waals surface area contributed by atoms with Crippen molar-refractivity contribution in [1.29, 1.82) is 0 Å². The van der Waals surface area contributed by atoms with E-state index in [4.69, 9.17) is 1.37 Å². The van der Waals surface area contributed by atoms with Crippen LogP contribution in [-0.4, -0.2) is 15.8 Å². The van der Waals surface area contributed by atoms with Gasteiger partial charge in [0.1, 0.15) is 0 Å². The van der Waals surface area contributed by atoms with Crippen molar-refractivity contribution < 1.29 is 17.8 Å². The largest absolute Gasteiger partial charge is 0.310 e. The normalized spacial score (nSPS) is 14.6. The second-order valence-electron chi connectivity index (χ2n) is 31.5. The topological polar surface area (TPSA) is 16.3 Å². The maximum atomic E-state index is 9.99. The summed E-state index contributed by atoms with van der Waals surface area (Å²) in [5.74, 6) is 0. The Hall–Kier alpha value is -12.4. The molecule has 15 aromatic carbocycles. The molecule has 0 saturated carbocycles. The molecule has 0 atom stereocenters. The highest BCUT2D eigenvalue weighted by atomic mass is 15.2. The predicted molar refractivity (Wildman–Crippen MR) is 458 cm³/mol. The van der Waals surface area contributed by atoms with Gasteiger partial charge in [0.25, 0.3) is 6.71 Å². The van der Waals surface area contributed by atoms with Crippen molar-refractivity contribution in [3.8, 4) is 78.1 Å². The number of benzene rings is 15. The van der Waals surface area contributed by atoms with Gasteiger partial charge in [-0.1, -0.05) is 311 Å². The molecule has 0 bridgehead atoms. The first kappa shape index (κ1) is 52.5. The van der Waals surface area contributed by atoms with E-state index in [1.807, 2.05) is 48.5 Å². The minimum absolute atomic E-state index is 0.0253. The van der Waals surface area contributed by atoms with Gasteiger partial charge in [0.2, 0.25) is 0 Å². The van der Waals surface area contributed by atoms with E-state index in [0.29, 0.717) is 22.6 Å². The van der Waals surface area contributed by atoms with Crippen LogP contribution in [0.1, 0.15) is 96.8 Å². The maximum absolute atomic E-state index is 9.99. The molecule has 514 valence electrons. The van der Waals surface area contributed by atoms with Gasteiger partial charge >= 0.3 is 0 Å². The maximum Gasteiger partial charge on any atom is 0.252 e.